The van der Waals surface area contributed by atoms with E-state index in [1.165, 1.54) is 0 Å². The predicted molar refractivity (Wildman–Crippen MR) is 74.4 cm³/mol. The topological polar surface area (TPSA) is 27.6 Å². The van der Waals surface area contributed by atoms with Crippen LogP contribution in [-0.2, 0) is 0 Å². The molecule has 16 heavy (non-hydrogen) atoms. The van der Waals surface area contributed by atoms with E-state index in [4.69, 9.17) is 0 Å². The Labute approximate surface area is 104 Å². The van der Waals surface area contributed by atoms with Gasteiger partial charge < -0.3 is 10.2 Å². The monoisotopic (exact) mass is 243 g/mol. The van der Waals surface area contributed by atoms with E-state index in [2.05, 4.69) is 42.9 Å². The molecule has 1 aliphatic heterocycles. The molecule has 0 saturated heterocycles. The van der Waals surface area contributed by atoms with Crippen molar-refractivity contribution in [1.29, 1.82) is 0 Å². The summed E-state index contributed by atoms with van der Waals surface area (Å²) in [5.41, 5.74) is 0. The van der Waals surface area contributed by atoms with Crippen molar-refractivity contribution in [1.82, 2.24) is 10.2 Å². The van der Waals surface area contributed by atoms with E-state index in [1.54, 1.807) is 0 Å². The first-order valence-corrected chi connectivity index (χ1v) is 7.37. The molecule has 1 aliphatic rings. The van der Waals surface area contributed by atoms with Gasteiger partial charge in [0.1, 0.15) is 0 Å². The highest BCUT2D eigenvalue weighted by Gasteiger charge is 2.18. The maximum Gasteiger partial charge on any atom is 0.157 e. The van der Waals surface area contributed by atoms with Crippen molar-refractivity contribution in [2.24, 2.45) is 4.99 Å². The fourth-order valence-corrected chi connectivity index (χ4v) is 3.00. The first-order valence-electron chi connectivity index (χ1n) is 6.39. The quantitative estimate of drug-likeness (QED) is 0.775. The summed E-state index contributed by atoms with van der Waals surface area (Å²) in [4.78, 5) is 7.10. The summed E-state index contributed by atoms with van der Waals surface area (Å²) in [7, 11) is 0. The lowest BCUT2D eigenvalue weighted by Crippen LogP contribution is -2.40. The van der Waals surface area contributed by atoms with E-state index < -0.39 is 0 Å². The SMILES string of the molecule is CCC1CSC(NC(C)CN(CC)CC)=N1. The lowest BCUT2D eigenvalue weighted by molar-refractivity contribution is 0.282. The van der Waals surface area contributed by atoms with Gasteiger partial charge in [0.05, 0.1) is 6.04 Å². The van der Waals surface area contributed by atoms with Gasteiger partial charge in [0.2, 0.25) is 0 Å². The molecule has 94 valence electrons. The van der Waals surface area contributed by atoms with Crippen LogP contribution >= 0.6 is 11.8 Å². The first kappa shape index (κ1) is 13.8. The van der Waals surface area contributed by atoms with Gasteiger partial charge in [-0.3, -0.25) is 4.99 Å². The molecule has 0 aliphatic carbocycles. The van der Waals surface area contributed by atoms with E-state index in [-0.39, 0.29) is 0 Å². The maximum atomic E-state index is 4.66. The largest absolute Gasteiger partial charge is 0.361 e. The molecule has 0 bridgehead atoms. The molecule has 2 atom stereocenters. The molecule has 0 aromatic heterocycles. The highest BCUT2D eigenvalue weighted by molar-refractivity contribution is 8.14. The molecule has 0 radical (unpaired) electrons. The molecule has 0 fully saturated rings. The van der Waals surface area contributed by atoms with Crippen LogP contribution < -0.4 is 5.32 Å². The number of nitrogens with one attached hydrogen (secondary N) is 1. The van der Waals surface area contributed by atoms with Crippen LogP contribution in [0.5, 0.6) is 0 Å². The molecule has 0 aromatic carbocycles. The predicted octanol–water partition coefficient (Wildman–Crippen LogP) is 2.19. The van der Waals surface area contributed by atoms with Gasteiger partial charge in [0.15, 0.2) is 5.17 Å². The van der Waals surface area contributed by atoms with E-state index in [1.807, 2.05) is 11.8 Å². The normalized spacial score (nSPS) is 22.3. The fraction of sp³-hybridized carbons (Fsp3) is 0.917. The van der Waals surface area contributed by atoms with Crippen molar-refractivity contribution in [3.05, 3.63) is 0 Å². The summed E-state index contributed by atoms with van der Waals surface area (Å²) in [6, 6.07) is 1.02. The number of hydrogen-bond acceptors (Lipinski definition) is 4. The second-order valence-electron chi connectivity index (χ2n) is 4.34. The summed E-state index contributed by atoms with van der Waals surface area (Å²) in [6.45, 7) is 12.2. The van der Waals surface area contributed by atoms with Crippen LogP contribution in [-0.4, -0.2) is 47.5 Å². The standard InChI is InChI=1S/C12H25N3S/c1-5-11-9-16-12(14-11)13-10(4)8-15(6-2)7-3/h10-11H,5-9H2,1-4H3,(H,13,14). The van der Waals surface area contributed by atoms with Crippen LogP contribution in [0.15, 0.2) is 4.99 Å². The lowest BCUT2D eigenvalue weighted by Gasteiger charge is -2.23. The van der Waals surface area contributed by atoms with Crippen LogP contribution in [0.25, 0.3) is 0 Å². The van der Waals surface area contributed by atoms with E-state index in [9.17, 15) is 0 Å². The highest BCUT2D eigenvalue weighted by atomic mass is 32.2. The second kappa shape index (κ2) is 7.17. The third kappa shape index (κ3) is 4.34. The van der Waals surface area contributed by atoms with Crippen LogP contribution in [0.3, 0.4) is 0 Å². The minimum atomic E-state index is 0.488. The van der Waals surface area contributed by atoms with E-state index in [0.717, 1.165) is 37.0 Å². The molecule has 2 unspecified atom stereocenters. The number of rotatable bonds is 6. The molecule has 0 aromatic rings. The smallest absolute Gasteiger partial charge is 0.157 e. The molecule has 3 nitrogen and oxygen atoms in total. The first-order chi connectivity index (χ1) is 7.69. The Kier molecular flexibility index (Phi) is 6.21. The number of amidine groups is 1. The maximum absolute atomic E-state index is 4.66. The molecular weight excluding hydrogens is 218 g/mol. The lowest BCUT2D eigenvalue weighted by atomic mass is 10.3. The third-order valence-corrected chi connectivity index (χ3v) is 4.03. The van der Waals surface area contributed by atoms with Crippen molar-refractivity contribution >= 4 is 16.9 Å². The minimum Gasteiger partial charge on any atom is -0.361 e. The van der Waals surface area contributed by atoms with Crippen LogP contribution in [0.1, 0.15) is 34.1 Å². The zero-order valence-electron chi connectivity index (χ0n) is 11.0. The molecule has 4 heteroatoms. The number of hydrogen-bond donors (Lipinski definition) is 1. The van der Waals surface area contributed by atoms with Gasteiger partial charge in [-0.2, -0.15) is 0 Å². The zero-order valence-corrected chi connectivity index (χ0v) is 11.8. The van der Waals surface area contributed by atoms with E-state index >= 15 is 0 Å². The van der Waals surface area contributed by atoms with Gasteiger partial charge in [-0.25, -0.2) is 0 Å². The second-order valence-corrected chi connectivity index (χ2v) is 5.35. The fourth-order valence-electron chi connectivity index (χ4n) is 1.83. The Hall–Kier alpha value is -0.220. The summed E-state index contributed by atoms with van der Waals surface area (Å²) < 4.78 is 0. The van der Waals surface area contributed by atoms with Crippen molar-refractivity contribution in [2.45, 2.75) is 46.2 Å². The number of aliphatic imine (C=N–C) groups is 1. The summed E-state index contributed by atoms with van der Waals surface area (Å²) >= 11 is 1.87. The van der Waals surface area contributed by atoms with Gasteiger partial charge in [0.25, 0.3) is 0 Å². The Morgan fingerprint density at radius 2 is 2.12 bits per heavy atom. The van der Waals surface area contributed by atoms with Crippen LogP contribution in [0, 0.1) is 0 Å². The molecule has 0 saturated carbocycles. The number of nitrogens with zero attached hydrogens (tertiary/aromatic N) is 2. The van der Waals surface area contributed by atoms with Gasteiger partial charge in [-0.1, -0.05) is 32.5 Å². The summed E-state index contributed by atoms with van der Waals surface area (Å²) in [6.07, 6.45) is 1.16. The minimum absolute atomic E-state index is 0.488. The average molecular weight is 243 g/mol. The Bertz CT molecular complexity index is 226. The average Bonchev–Trinajstić information content (AvgIpc) is 2.73. The van der Waals surface area contributed by atoms with Crippen molar-refractivity contribution < 1.29 is 0 Å². The summed E-state index contributed by atoms with van der Waals surface area (Å²) in [5.74, 6) is 1.15. The Morgan fingerprint density at radius 1 is 1.44 bits per heavy atom. The molecule has 1 heterocycles. The van der Waals surface area contributed by atoms with E-state index in [0.29, 0.717) is 12.1 Å². The molecule has 1 rings (SSSR count). The molecule has 0 amide bonds. The Balaban J connectivity index is 2.31. The Morgan fingerprint density at radius 3 is 2.62 bits per heavy atom. The van der Waals surface area contributed by atoms with Gasteiger partial charge >= 0.3 is 0 Å². The zero-order chi connectivity index (χ0) is 12.0. The van der Waals surface area contributed by atoms with Crippen LogP contribution in [0.4, 0.5) is 0 Å². The van der Waals surface area contributed by atoms with Crippen molar-refractivity contribution in [3.8, 4) is 0 Å². The van der Waals surface area contributed by atoms with Crippen molar-refractivity contribution in [2.75, 3.05) is 25.4 Å². The number of thioether (sulfide) groups is 1. The molecule has 0 spiro atoms. The van der Waals surface area contributed by atoms with Crippen molar-refractivity contribution in [3.63, 3.8) is 0 Å². The number of likely N-dealkylation sites (N-methyl/N-ethyl adjacent to an activating group) is 1. The third-order valence-electron chi connectivity index (χ3n) is 2.98. The molecule has 1 N–H and O–H groups in total. The van der Waals surface area contributed by atoms with Crippen LogP contribution in [0.2, 0.25) is 0 Å². The summed E-state index contributed by atoms with van der Waals surface area (Å²) in [5, 5.41) is 4.66. The molecular formula is C12H25N3S. The van der Waals surface area contributed by atoms with Gasteiger partial charge in [0, 0.05) is 18.3 Å². The highest BCUT2D eigenvalue weighted by Crippen LogP contribution is 2.18. The van der Waals surface area contributed by atoms with Gasteiger partial charge in [-0.05, 0) is 26.4 Å². The van der Waals surface area contributed by atoms with Gasteiger partial charge in [-0.15, -0.1) is 0 Å².